The molecule has 1 aliphatic carbocycles. The molecule has 6 heteroatoms. The summed E-state index contributed by atoms with van der Waals surface area (Å²) in [5, 5.41) is 0. The van der Waals surface area contributed by atoms with Gasteiger partial charge in [0.25, 0.3) is 0 Å². The lowest BCUT2D eigenvalue weighted by Gasteiger charge is -2.05. The van der Waals surface area contributed by atoms with E-state index in [0.29, 0.717) is 17.4 Å². The van der Waals surface area contributed by atoms with Gasteiger partial charge < -0.3 is 9.14 Å². The molecule has 0 amide bonds. The Balaban J connectivity index is 1.82. The number of nitrogens with zero attached hydrogens (tertiary/aromatic N) is 3. The Morgan fingerprint density at radius 1 is 1.45 bits per heavy atom. The van der Waals surface area contributed by atoms with Crippen LogP contribution in [-0.4, -0.2) is 26.3 Å². The van der Waals surface area contributed by atoms with Crippen LogP contribution >= 0.6 is 11.5 Å². The van der Waals surface area contributed by atoms with Gasteiger partial charge in [-0.05, 0) is 49.3 Å². The van der Waals surface area contributed by atoms with E-state index in [0.717, 1.165) is 35.3 Å². The minimum Gasteiger partial charge on any atom is -0.462 e. The largest absolute Gasteiger partial charge is 0.462 e. The van der Waals surface area contributed by atoms with Crippen molar-refractivity contribution in [3.05, 3.63) is 41.2 Å². The second kappa shape index (κ2) is 5.21. The van der Waals surface area contributed by atoms with E-state index in [1.165, 1.54) is 11.5 Å². The number of imidazole rings is 1. The Morgan fingerprint density at radius 2 is 2.32 bits per heavy atom. The van der Waals surface area contributed by atoms with E-state index in [2.05, 4.69) is 9.36 Å². The van der Waals surface area contributed by atoms with E-state index in [-0.39, 0.29) is 5.97 Å². The lowest BCUT2D eigenvalue weighted by Crippen LogP contribution is -2.05. The van der Waals surface area contributed by atoms with Gasteiger partial charge in [-0.3, -0.25) is 0 Å². The van der Waals surface area contributed by atoms with Crippen molar-refractivity contribution in [1.29, 1.82) is 0 Å². The van der Waals surface area contributed by atoms with Crippen molar-refractivity contribution in [2.45, 2.75) is 25.7 Å². The second-order valence-electron chi connectivity index (χ2n) is 5.38. The summed E-state index contributed by atoms with van der Waals surface area (Å²) in [7, 11) is 0. The number of carbonyl (C=O) groups excluding carboxylic acids is 1. The zero-order valence-electron chi connectivity index (χ0n) is 12.2. The SMILES string of the molecule is CCOC(=O)c1snc(-c2ccn3ccnc3c2)c1C1CC1. The molecule has 3 heterocycles. The van der Waals surface area contributed by atoms with Gasteiger partial charge in [0.15, 0.2) is 0 Å². The Bertz CT molecular complexity index is 848. The number of aromatic nitrogens is 3. The number of pyridine rings is 1. The first-order valence-corrected chi connectivity index (χ1v) is 8.15. The van der Waals surface area contributed by atoms with Gasteiger partial charge in [0.05, 0.1) is 12.3 Å². The van der Waals surface area contributed by atoms with Gasteiger partial charge in [0.1, 0.15) is 10.5 Å². The number of ether oxygens (including phenoxy) is 1. The highest BCUT2D eigenvalue weighted by Crippen LogP contribution is 2.47. The molecule has 0 aromatic carbocycles. The fraction of sp³-hybridized carbons (Fsp3) is 0.312. The van der Waals surface area contributed by atoms with Crippen LogP contribution in [0.25, 0.3) is 16.9 Å². The van der Waals surface area contributed by atoms with Gasteiger partial charge >= 0.3 is 5.97 Å². The van der Waals surface area contributed by atoms with E-state index >= 15 is 0 Å². The Kier molecular flexibility index (Phi) is 3.18. The van der Waals surface area contributed by atoms with Crippen molar-refractivity contribution in [3.63, 3.8) is 0 Å². The number of hydrogen-bond acceptors (Lipinski definition) is 5. The molecule has 0 radical (unpaired) electrons. The third-order valence-corrected chi connectivity index (χ3v) is 4.69. The lowest BCUT2D eigenvalue weighted by atomic mass is 10.0. The topological polar surface area (TPSA) is 56.5 Å². The number of carbonyl (C=O) groups is 1. The number of rotatable bonds is 4. The molecule has 3 aromatic heterocycles. The average molecular weight is 313 g/mol. The molecule has 4 rings (SSSR count). The van der Waals surface area contributed by atoms with Gasteiger partial charge in [-0.2, -0.15) is 4.37 Å². The molecule has 0 aliphatic heterocycles. The molecule has 0 bridgehead atoms. The van der Waals surface area contributed by atoms with E-state index in [9.17, 15) is 4.79 Å². The highest BCUT2D eigenvalue weighted by Gasteiger charge is 2.34. The van der Waals surface area contributed by atoms with Crippen LogP contribution in [0.4, 0.5) is 0 Å². The van der Waals surface area contributed by atoms with Crippen LogP contribution in [0.5, 0.6) is 0 Å². The first kappa shape index (κ1) is 13.5. The predicted octanol–water partition coefficient (Wildman–Crippen LogP) is 3.51. The molecule has 0 spiro atoms. The normalized spacial score (nSPS) is 14.4. The molecule has 1 aliphatic rings. The highest BCUT2D eigenvalue weighted by atomic mass is 32.1. The lowest BCUT2D eigenvalue weighted by molar-refractivity contribution is 0.0531. The third kappa shape index (κ3) is 2.20. The minimum atomic E-state index is -0.255. The van der Waals surface area contributed by atoms with Crippen LogP contribution in [0.1, 0.15) is 40.9 Å². The van der Waals surface area contributed by atoms with Gasteiger partial charge in [0.2, 0.25) is 0 Å². The monoisotopic (exact) mass is 313 g/mol. The maximum atomic E-state index is 12.1. The molecule has 112 valence electrons. The van der Waals surface area contributed by atoms with Crippen LogP contribution in [0.15, 0.2) is 30.7 Å². The van der Waals surface area contributed by atoms with Gasteiger partial charge in [-0.15, -0.1) is 0 Å². The van der Waals surface area contributed by atoms with Gasteiger partial charge in [-0.25, -0.2) is 9.78 Å². The molecular weight excluding hydrogens is 298 g/mol. The fourth-order valence-electron chi connectivity index (χ4n) is 2.66. The highest BCUT2D eigenvalue weighted by molar-refractivity contribution is 7.08. The first-order chi connectivity index (χ1) is 10.8. The summed E-state index contributed by atoms with van der Waals surface area (Å²) < 4.78 is 11.7. The Morgan fingerprint density at radius 3 is 3.09 bits per heavy atom. The van der Waals surface area contributed by atoms with Crippen molar-refractivity contribution >= 4 is 23.1 Å². The molecule has 0 unspecified atom stereocenters. The van der Waals surface area contributed by atoms with Gasteiger partial charge in [-0.1, -0.05) is 0 Å². The van der Waals surface area contributed by atoms with Crippen LogP contribution < -0.4 is 0 Å². The quantitative estimate of drug-likeness (QED) is 0.692. The zero-order valence-corrected chi connectivity index (χ0v) is 13.0. The maximum absolute atomic E-state index is 12.1. The average Bonchev–Trinajstić information content (AvgIpc) is 3.10. The van der Waals surface area contributed by atoms with Crippen LogP contribution in [0.3, 0.4) is 0 Å². The number of hydrogen-bond donors (Lipinski definition) is 0. The first-order valence-electron chi connectivity index (χ1n) is 7.37. The molecule has 5 nitrogen and oxygen atoms in total. The van der Waals surface area contributed by atoms with Crippen molar-refractivity contribution in [3.8, 4) is 11.3 Å². The van der Waals surface area contributed by atoms with Crippen LogP contribution in [0.2, 0.25) is 0 Å². The van der Waals surface area contributed by atoms with E-state index in [1.807, 2.05) is 35.9 Å². The van der Waals surface area contributed by atoms with E-state index < -0.39 is 0 Å². The van der Waals surface area contributed by atoms with E-state index in [4.69, 9.17) is 4.74 Å². The van der Waals surface area contributed by atoms with Crippen LogP contribution in [0, 0.1) is 0 Å². The zero-order chi connectivity index (χ0) is 15.1. The van der Waals surface area contributed by atoms with Crippen molar-refractivity contribution in [1.82, 2.24) is 13.8 Å². The second-order valence-corrected chi connectivity index (χ2v) is 6.15. The minimum absolute atomic E-state index is 0.255. The van der Waals surface area contributed by atoms with Crippen molar-refractivity contribution in [2.24, 2.45) is 0 Å². The van der Waals surface area contributed by atoms with Crippen molar-refractivity contribution < 1.29 is 9.53 Å². The molecule has 3 aromatic rings. The molecule has 1 saturated carbocycles. The predicted molar refractivity (Wildman–Crippen MR) is 84.2 cm³/mol. The third-order valence-electron chi connectivity index (χ3n) is 3.85. The molecule has 1 fully saturated rings. The molecule has 0 atom stereocenters. The molecule has 0 saturated heterocycles. The Labute approximate surface area is 131 Å². The Hall–Kier alpha value is -2.21. The number of fused-ring (bicyclic) bond motifs is 1. The summed E-state index contributed by atoms with van der Waals surface area (Å²) in [5.74, 6) is 0.180. The van der Waals surface area contributed by atoms with Gasteiger partial charge in [0, 0.05) is 29.7 Å². The smallest absolute Gasteiger partial charge is 0.350 e. The summed E-state index contributed by atoms with van der Waals surface area (Å²) in [6.07, 6.45) is 7.88. The summed E-state index contributed by atoms with van der Waals surface area (Å²) in [4.78, 5) is 17.1. The van der Waals surface area contributed by atoms with Crippen molar-refractivity contribution in [2.75, 3.05) is 6.61 Å². The summed E-state index contributed by atoms with van der Waals surface area (Å²) in [6, 6.07) is 4.03. The fourth-order valence-corrected chi connectivity index (χ4v) is 3.54. The van der Waals surface area contributed by atoms with E-state index in [1.54, 1.807) is 6.20 Å². The molecule has 0 N–H and O–H groups in total. The maximum Gasteiger partial charge on any atom is 0.350 e. The van der Waals surface area contributed by atoms with Crippen LogP contribution in [-0.2, 0) is 4.74 Å². The standard InChI is InChI=1S/C16H15N3O2S/c1-2-21-16(20)15-13(10-3-4-10)14(18-22-15)11-5-7-19-8-6-17-12(19)9-11/h5-10H,2-4H2,1H3. The summed E-state index contributed by atoms with van der Waals surface area (Å²) >= 11 is 1.24. The molecule has 22 heavy (non-hydrogen) atoms. The number of esters is 1. The summed E-state index contributed by atoms with van der Waals surface area (Å²) in [6.45, 7) is 2.21. The summed E-state index contributed by atoms with van der Waals surface area (Å²) in [5.41, 5.74) is 3.85. The molecular formula is C16H15N3O2S.